The molecule has 0 amide bonds. The lowest BCUT2D eigenvalue weighted by Gasteiger charge is -2.45. The molecule has 5 rings (SSSR count). The number of halogens is 3. The van der Waals surface area contributed by atoms with Crippen LogP contribution in [0.15, 0.2) is 0 Å². The minimum Gasteiger partial charge on any atom is -0.337 e. The van der Waals surface area contributed by atoms with Crippen molar-refractivity contribution >= 4 is 43.4 Å². The van der Waals surface area contributed by atoms with Crippen molar-refractivity contribution < 1.29 is 27.8 Å². The van der Waals surface area contributed by atoms with E-state index < -0.39 is 36.7 Å². The summed E-state index contributed by atoms with van der Waals surface area (Å²) in [6.07, 6.45) is -2.33. The van der Waals surface area contributed by atoms with Crippen molar-refractivity contribution in [1.82, 2.24) is 0 Å². The summed E-state index contributed by atoms with van der Waals surface area (Å²) in [6, 6.07) is 0. The van der Waals surface area contributed by atoms with Crippen LogP contribution in [0.2, 0.25) is 0 Å². The van der Waals surface area contributed by atoms with Crippen molar-refractivity contribution in [3.8, 4) is 0 Å². The first-order valence-electron chi connectivity index (χ1n) is 5.26. The van der Waals surface area contributed by atoms with Crippen LogP contribution < -0.4 is 0 Å². The van der Waals surface area contributed by atoms with E-state index in [2.05, 4.69) is 0 Å². The summed E-state index contributed by atoms with van der Waals surface area (Å²) >= 11 is 17.2. The SMILES string of the molecule is ClC(Cl)(Cl)[C@@H]1O[C@@H]2OC34COP(OC3)O[C@@H]4[C@H]2O1. The Kier molecular flexibility index (Phi) is 2.87. The lowest BCUT2D eigenvalue weighted by atomic mass is 9.97. The summed E-state index contributed by atoms with van der Waals surface area (Å²) in [5.74, 6) is 0. The van der Waals surface area contributed by atoms with Gasteiger partial charge in [0.25, 0.3) is 0 Å². The van der Waals surface area contributed by atoms with Crippen LogP contribution in [0.25, 0.3) is 0 Å². The molecule has 0 saturated carbocycles. The van der Waals surface area contributed by atoms with Crippen molar-refractivity contribution in [2.45, 2.75) is 34.2 Å². The third-order valence-corrected chi connectivity index (χ3v) is 4.88. The molecule has 0 aromatic carbocycles. The first-order chi connectivity index (χ1) is 8.48. The standard InChI is InChI=1S/C8H8Cl3O6P/c9-8(10,11)6-14-3-4-7(16-5(3)15-6)1-12-18(17-4)13-2-7/h3-6H,1-2H2/t3-,4-,5-,6+,7?,18?/m1/s1. The third-order valence-electron chi connectivity index (χ3n) is 3.27. The van der Waals surface area contributed by atoms with E-state index >= 15 is 0 Å². The molecule has 1 spiro atoms. The molecule has 0 N–H and O–H groups in total. The van der Waals surface area contributed by atoms with E-state index in [-0.39, 0.29) is 6.10 Å². The lowest BCUT2D eigenvalue weighted by Crippen LogP contribution is -2.57. The summed E-state index contributed by atoms with van der Waals surface area (Å²) in [4.78, 5) is 0. The molecule has 0 aliphatic carbocycles. The summed E-state index contributed by atoms with van der Waals surface area (Å²) in [5.41, 5.74) is -0.676. The predicted molar refractivity (Wildman–Crippen MR) is 61.3 cm³/mol. The first kappa shape index (κ1) is 12.8. The Labute approximate surface area is 119 Å². The molecule has 5 aliphatic heterocycles. The molecule has 5 heterocycles. The van der Waals surface area contributed by atoms with Crippen molar-refractivity contribution in [3.63, 3.8) is 0 Å². The molecule has 102 valence electrons. The average Bonchev–Trinajstić information content (AvgIpc) is 2.83. The van der Waals surface area contributed by atoms with Gasteiger partial charge in [0.05, 0.1) is 13.2 Å². The second-order valence-corrected chi connectivity index (χ2v) is 8.00. The van der Waals surface area contributed by atoms with Gasteiger partial charge in [-0.2, -0.15) is 0 Å². The van der Waals surface area contributed by atoms with Crippen molar-refractivity contribution in [3.05, 3.63) is 0 Å². The summed E-state index contributed by atoms with van der Waals surface area (Å²) < 4.78 is 31.5. The zero-order valence-electron chi connectivity index (χ0n) is 8.75. The smallest absolute Gasteiger partial charge is 0.333 e. The van der Waals surface area contributed by atoms with E-state index in [0.717, 1.165) is 0 Å². The van der Waals surface area contributed by atoms with Gasteiger partial charge in [-0.15, -0.1) is 0 Å². The minimum atomic E-state index is -1.66. The number of ether oxygens (including phenoxy) is 3. The molecule has 5 saturated heterocycles. The van der Waals surface area contributed by atoms with Gasteiger partial charge in [0.1, 0.15) is 17.8 Å². The summed E-state index contributed by atoms with van der Waals surface area (Å²) in [6.45, 7) is 0.809. The molecule has 18 heavy (non-hydrogen) atoms. The van der Waals surface area contributed by atoms with E-state index in [0.29, 0.717) is 13.2 Å². The Morgan fingerprint density at radius 3 is 2.50 bits per heavy atom. The highest BCUT2D eigenvalue weighted by atomic mass is 35.6. The van der Waals surface area contributed by atoms with Crippen molar-refractivity contribution in [1.29, 1.82) is 0 Å². The number of alkyl halides is 3. The first-order valence-corrected chi connectivity index (χ1v) is 7.49. The largest absolute Gasteiger partial charge is 0.337 e. The van der Waals surface area contributed by atoms with Crippen LogP contribution in [0.5, 0.6) is 0 Å². The summed E-state index contributed by atoms with van der Waals surface area (Å²) in [5, 5.41) is 0. The number of hydrogen-bond donors (Lipinski definition) is 0. The quantitative estimate of drug-likeness (QED) is 0.497. The monoisotopic (exact) mass is 336 g/mol. The molecule has 5 aliphatic rings. The number of fused-ring (bicyclic) bond motifs is 3. The van der Waals surface area contributed by atoms with E-state index in [9.17, 15) is 0 Å². The van der Waals surface area contributed by atoms with E-state index in [1.54, 1.807) is 0 Å². The maximum Gasteiger partial charge on any atom is 0.333 e. The second-order valence-electron chi connectivity index (χ2n) is 4.46. The van der Waals surface area contributed by atoms with E-state index in [1.807, 2.05) is 0 Å². The zero-order valence-corrected chi connectivity index (χ0v) is 11.9. The lowest BCUT2D eigenvalue weighted by molar-refractivity contribution is -0.242. The molecule has 5 fully saturated rings. The van der Waals surface area contributed by atoms with Crippen LogP contribution in [-0.4, -0.2) is 47.4 Å². The van der Waals surface area contributed by atoms with Crippen molar-refractivity contribution in [2.24, 2.45) is 0 Å². The van der Waals surface area contributed by atoms with Gasteiger partial charge in [-0.05, 0) is 0 Å². The predicted octanol–water partition coefficient (Wildman–Crippen LogP) is 1.87. The zero-order chi connectivity index (χ0) is 12.5. The Bertz CT molecular complexity index is 370. The average molecular weight is 337 g/mol. The maximum atomic E-state index is 5.80. The molecule has 0 aromatic heterocycles. The Morgan fingerprint density at radius 2 is 1.83 bits per heavy atom. The Morgan fingerprint density at radius 1 is 1.11 bits per heavy atom. The van der Waals surface area contributed by atoms with Crippen LogP contribution in [0.1, 0.15) is 0 Å². The summed E-state index contributed by atoms with van der Waals surface area (Å²) in [7, 11) is -1.32. The fourth-order valence-electron chi connectivity index (χ4n) is 2.44. The molecule has 10 heteroatoms. The number of rotatable bonds is 0. The van der Waals surface area contributed by atoms with Gasteiger partial charge in [-0.1, -0.05) is 34.8 Å². The van der Waals surface area contributed by atoms with Crippen LogP contribution in [0.4, 0.5) is 0 Å². The Balaban J connectivity index is 1.58. The van der Waals surface area contributed by atoms with Gasteiger partial charge >= 0.3 is 8.60 Å². The normalized spacial score (nSPS) is 54.5. The van der Waals surface area contributed by atoms with Crippen LogP contribution in [0.3, 0.4) is 0 Å². The van der Waals surface area contributed by atoms with Crippen LogP contribution in [0, 0.1) is 0 Å². The van der Waals surface area contributed by atoms with Gasteiger partial charge in [-0.3, -0.25) is 0 Å². The molecule has 4 atom stereocenters. The topological polar surface area (TPSA) is 55.4 Å². The fourth-order valence-corrected chi connectivity index (χ4v) is 4.09. The molecule has 6 nitrogen and oxygen atoms in total. The third kappa shape index (κ3) is 1.76. The highest BCUT2D eigenvalue weighted by Crippen LogP contribution is 2.59. The van der Waals surface area contributed by atoms with Gasteiger partial charge in [0.15, 0.2) is 6.29 Å². The fraction of sp³-hybridized carbons (Fsp3) is 1.00. The molecule has 0 radical (unpaired) electrons. The highest BCUT2D eigenvalue weighted by molar-refractivity contribution is 7.41. The molecule has 0 aromatic rings. The molecule has 2 bridgehead atoms. The Hall–Kier alpha value is 1.06. The molecular weight excluding hydrogens is 329 g/mol. The molecule has 0 unspecified atom stereocenters. The number of hydrogen-bond acceptors (Lipinski definition) is 6. The van der Waals surface area contributed by atoms with E-state index in [1.165, 1.54) is 0 Å². The highest BCUT2D eigenvalue weighted by Gasteiger charge is 2.68. The van der Waals surface area contributed by atoms with Gasteiger partial charge < -0.3 is 27.8 Å². The molecular formula is C8H8Cl3O6P. The van der Waals surface area contributed by atoms with Crippen molar-refractivity contribution in [2.75, 3.05) is 13.2 Å². The maximum absolute atomic E-state index is 5.80. The van der Waals surface area contributed by atoms with E-state index in [4.69, 9.17) is 62.6 Å². The minimum absolute atomic E-state index is 0.312. The van der Waals surface area contributed by atoms with Crippen LogP contribution in [-0.2, 0) is 27.8 Å². The van der Waals surface area contributed by atoms with Gasteiger partial charge in [-0.25, -0.2) is 0 Å². The van der Waals surface area contributed by atoms with Gasteiger partial charge in [0.2, 0.25) is 10.1 Å². The van der Waals surface area contributed by atoms with Gasteiger partial charge in [0, 0.05) is 0 Å². The van der Waals surface area contributed by atoms with Crippen LogP contribution >= 0.6 is 43.4 Å². The second kappa shape index (κ2) is 4.04.